The molecule has 15 heavy (non-hydrogen) atoms. The largest absolute Gasteiger partial charge is 0.391 e. The summed E-state index contributed by atoms with van der Waals surface area (Å²) in [4.78, 5) is 18.6. The van der Waals surface area contributed by atoms with E-state index in [1.807, 2.05) is 12.1 Å². The number of nitrogens with two attached hydrogens (primary N) is 1. The van der Waals surface area contributed by atoms with Crippen LogP contribution < -0.4 is 16.2 Å². The van der Waals surface area contributed by atoms with Crippen LogP contribution in [0, 0.1) is 22.7 Å². The second-order valence-electron chi connectivity index (χ2n) is 2.64. The molecular formula is C8H8N6O. The van der Waals surface area contributed by atoms with E-state index in [9.17, 15) is 4.79 Å². The van der Waals surface area contributed by atoms with E-state index in [2.05, 4.69) is 9.97 Å². The van der Waals surface area contributed by atoms with E-state index in [0.717, 1.165) is 0 Å². The number of nitriles is 2. The normalized spacial score (nSPS) is 8.93. The van der Waals surface area contributed by atoms with Crippen LogP contribution in [0.3, 0.4) is 0 Å². The van der Waals surface area contributed by atoms with Crippen molar-refractivity contribution in [3.05, 3.63) is 16.7 Å². The number of hydrogen-bond donors (Lipinski definition) is 2. The summed E-state index contributed by atoms with van der Waals surface area (Å²) in [6, 6.07) is 3.73. The Bertz CT molecular complexity index is 463. The molecule has 0 radical (unpaired) electrons. The Labute approximate surface area is 85.4 Å². The van der Waals surface area contributed by atoms with Crippen LogP contribution in [0.25, 0.3) is 0 Å². The second kappa shape index (κ2) is 4.63. The third kappa shape index (κ3) is 2.23. The summed E-state index contributed by atoms with van der Waals surface area (Å²) in [6.45, 7) is -0.0948. The lowest BCUT2D eigenvalue weighted by molar-refractivity contribution is 0.923. The van der Waals surface area contributed by atoms with E-state index in [1.54, 1.807) is 0 Å². The zero-order chi connectivity index (χ0) is 11.3. The van der Waals surface area contributed by atoms with Crippen molar-refractivity contribution in [3.63, 3.8) is 0 Å². The molecule has 1 rings (SSSR count). The van der Waals surface area contributed by atoms with E-state index in [1.165, 1.54) is 11.2 Å². The molecule has 0 amide bonds. The van der Waals surface area contributed by atoms with Gasteiger partial charge < -0.3 is 15.6 Å². The molecule has 76 valence electrons. The Balaban J connectivity index is 3.13. The number of aromatic amines is 1. The minimum Gasteiger partial charge on any atom is -0.391 e. The summed E-state index contributed by atoms with van der Waals surface area (Å²) in [7, 11) is 0. The van der Waals surface area contributed by atoms with Gasteiger partial charge in [0.15, 0.2) is 5.82 Å². The highest BCUT2D eigenvalue weighted by molar-refractivity contribution is 5.61. The number of H-pyrrole nitrogens is 1. The third-order valence-electron chi connectivity index (χ3n) is 1.69. The number of anilines is 2. The first-order chi connectivity index (χ1) is 7.20. The summed E-state index contributed by atoms with van der Waals surface area (Å²) >= 11 is 0. The molecule has 1 aromatic heterocycles. The molecule has 0 saturated carbocycles. The van der Waals surface area contributed by atoms with Crippen molar-refractivity contribution in [2.45, 2.75) is 0 Å². The molecule has 0 fully saturated rings. The van der Waals surface area contributed by atoms with E-state index in [-0.39, 0.29) is 24.6 Å². The van der Waals surface area contributed by atoms with Crippen LogP contribution in [-0.2, 0) is 0 Å². The second-order valence-corrected chi connectivity index (χ2v) is 2.64. The van der Waals surface area contributed by atoms with Gasteiger partial charge in [0.05, 0.1) is 18.5 Å². The van der Waals surface area contributed by atoms with Crippen molar-refractivity contribution in [1.29, 1.82) is 10.5 Å². The van der Waals surface area contributed by atoms with Gasteiger partial charge in [-0.2, -0.15) is 10.5 Å². The Morgan fingerprint density at radius 1 is 1.47 bits per heavy atom. The van der Waals surface area contributed by atoms with Gasteiger partial charge in [0, 0.05) is 0 Å². The smallest absolute Gasteiger partial charge is 0.276 e. The average Bonchev–Trinajstić information content (AvgIpc) is 2.22. The van der Waals surface area contributed by atoms with E-state index < -0.39 is 5.56 Å². The molecule has 7 heteroatoms. The van der Waals surface area contributed by atoms with Crippen LogP contribution >= 0.6 is 0 Å². The Hall–Kier alpha value is -2.54. The van der Waals surface area contributed by atoms with E-state index in [4.69, 9.17) is 16.3 Å². The van der Waals surface area contributed by atoms with Gasteiger partial charge >= 0.3 is 0 Å². The fraction of sp³-hybridized carbons (Fsp3) is 0.250. The van der Waals surface area contributed by atoms with E-state index in [0.29, 0.717) is 0 Å². The lowest BCUT2D eigenvalue weighted by Gasteiger charge is -2.17. The van der Waals surface area contributed by atoms with Crippen LogP contribution in [0.1, 0.15) is 0 Å². The molecule has 1 heterocycles. The number of nitrogen functional groups attached to an aromatic ring is 1. The molecule has 0 aliphatic heterocycles. The highest BCUT2D eigenvalue weighted by Gasteiger charge is 2.12. The van der Waals surface area contributed by atoms with Crippen LogP contribution in [0.5, 0.6) is 0 Å². The standard InChI is InChI=1S/C8H8N6O/c9-1-3-14(4-2-10)7-6(11)8(15)13-5-12-7/h5H,3-4,11H2,(H,12,13,15). The Morgan fingerprint density at radius 2 is 2.07 bits per heavy atom. The van der Waals surface area contributed by atoms with Gasteiger partial charge in [-0.1, -0.05) is 0 Å². The minimum absolute atomic E-state index is 0.0474. The fourth-order valence-electron chi connectivity index (χ4n) is 1.03. The highest BCUT2D eigenvalue weighted by atomic mass is 16.1. The average molecular weight is 204 g/mol. The molecule has 0 atom stereocenters. The first-order valence-electron chi connectivity index (χ1n) is 4.02. The minimum atomic E-state index is -0.485. The molecule has 0 aliphatic rings. The van der Waals surface area contributed by atoms with Crippen LogP contribution in [0.4, 0.5) is 11.5 Å². The maximum Gasteiger partial charge on any atom is 0.276 e. The van der Waals surface area contributed by atoms with Crippen molar-refractivity contribution < 1.29 is 0 Å². The predicted octanol–water partition coefficient (Wildman–Crippen LogP) is -0.794. The Kier molecular flexibility index (Phi) is 3.25. The molecule has 1 aromatic rings. The summed E-state index contributed by atoms with van der Waals surface area (Å²) in [6.07, 6.45) is 1.18. The summed E-state index contributed by atoms with van der Waals surface area (Å²) in [5.74, 6) is 0.154. The quantitative estimate of drug-likeness (QED) is 0.621. The fourth-order valence-corrected chi connectivity index (χ4v) is 1.03. The number of rotatable bonds is 3. The van der Waals surface area contributed by atoms with Crippen LogP contribution in [-0.4, -0.2) is 23.1 Å². The summed E-state index contributed by atoms with van der Waals surface area (Å²) < 4.78 is 0. The maximum absolute atomic E-state index is 11.1. The van der Waals surface area contributed by atoms with Gasteiger partial charge in [0.2, 0.25) is 0 Å². The highest BCUT2D eigenvalue weighted by Crippen LogP contribution is 2.13. The first-order valence-corrected chi connectivity index (χ1v) is 4.02. The monoisotopic (exact) mass is 204 g/mol. The number of hydrogen-bond acceptors (Lipinski definition) is 6. The number of nitrogens with one attached hydrogen (secondary N) is 1. The lowest BCUT2D eigenvalue weighted by Crippen LogP contribution is -2.28. The molecule has 0 spiro atoms. The Morgan fingerprint density at radius 3 is 2.60 bits per heavy atom. The van der Waals surface area contributed by atoms with Gasteiger partial charge in [0.1, 0.15) is 18.8 Å². The maximum atomic E-state index is 11.1. The van der Waals surface area contributed by atoms with Gasteiger partial charge in [-0.25, -0.2) is 4.98 Å². The molecule has 7 nitrogen and oxygen atoms in total. The van der Waals surface area contributed by atoms with E-state index >= 15 is 0 Å². The first kappa shape index (κ1) is 10.5. The van der Waals surface area contributed by atoms with Crippen molar-refractivity contribution in [2.24, 2.45) is 0 Å². The number of nitrogens with zero attached hydrogens (tertiary/aromatic N) is 4. The van der Waals surface area contributed by atoms with Crippen molar-refractivity contribution in [3.8, 4) is 12.1 Å². The molecule has 0 bridgehead atoms. The van der Waals surface area contributed by atoms with Crippen molar-refractivity contribution >= 4 is 11.5 Å². The number of aromatic nitrogens is 2. The van der Waals surface area contributed by atoms with Crippen LogP contribution in [0.15, 0.2) is 11.1 Å². The molecule has 0 unspecified atom stereocenters. The van der Waals surface area contributed by atoms with Crippen molar-refractivity contribution in [1.82, 2.24) is 9.97 Å². The lowest BCUT2D eigenvalue weighted by atomic mass is 10.4. The van der Waals surface area contributed by atoms with Gasteiger partial charge in [-0.3, -0.25) is 4.79 Å². The molecule has 0 aromatic carbocycles. The molecule has 3 N–H and O–H groups in total. The SMILES string of the molecule is N#CCN(CC#N)c1nc[nH]c(=O)c1N. The molecule has 0 aliphatic carbocycles. The summed E-state index contributed by atoms with van der Waals surface area (Å²) in [5.41, 5.74) is 4.90. The zero-order valence-corrected chi connectivity index (χ0v) is 7.77. The van der Waals surface area contributed by atoms with Gasteiger partial charge in [0.25, 0.3) is 5.56 Å². The van der Waals surface area contributed by atoms with Gasteiger partial charge in [-0.15, -0.1) is 0 Å². The third-order valence-corrected chi connectivity index (χ3v) is 1.69. The molecule has 0 saturated heterocycles. The summed E-state index contributed by atoms with van der Waals surface area (Å²) in [5, 5.41) is 17.1. The van der Waals surface area contributed by atoms with Crippen LogP contribution in [0.2, 0.25) is 0 Å². The van der Waals surface area contributed by atoms with Gasteiger partial charge in [-0.05, 0) is 0 Å². The predicted molar refractivity (Wildman–Crippen MR) is 52.7 cm³/mol. The van der Waals surface area contributed by atoms with Crippen molar-refractivity contribution in [2.75, 3.05) is 23.7 Å². The topological polar surface area (TPSA) is 123 Å². The zero-order valence-electron chi connectivity index (χ0n) is 7.77. The molecular weight excluding hydrogens is 196 g/mol.